The Hall–Kier alpha value is -2.87. The van der Waals surface area contributed by atoms with Gasteiger partial charge in [-0.05, 0) is 29.8 Å². The average Bonchev–Trinajstić information content (AvgIpc) is 2.62. The Morgan fingerprint density at radius 1 is 0.960 bits per heavy atom. The van der Waals surface area contributed by atoms with Crippen LogP contribution in [0.15, 0.2) is 42.6 Å². The largest absolute Gasteiger partial charge is 0.365 e. The third-order valence-corrected chi connectivity index (χ3v) is 3.48. The third kappa shape index (κ3) is 4.16. The zero-order chi connectivity index (χ0) is 17.8. The lowest BCUT2D eigenvalue weighted by Gasteiger charge is -2.09. The Kier molecular flexibility index (Phi) is 4.99. The number of hydrogen-bond donors (Lipinski definition) is 2. The van der Waals surface area contributed by atoms with Crippen molar-refractivity contribution in [1.82, 2.24) is 15.2 Å². The molecule has 0 saturated carbocycles. The summed E-state index contributed by atoms with van der Waals surface area (Å²) in [5.41, 5.74) is 0.666. The zero-order valence-electron chi connectivity index (χ0n) is 12.6. The second kappa shape index (κ2) is 7.35. The highest BCUT2D eigenvalue weighted by Gasteiger charge is 2.14. The second-order valence-electron chi connectivity index (χ2n) is 4.99. The molecule has 0 fully saturated rings. The molecular formula is C16H11ClF3N5. The molecule has 3 rings (SSSR count). The number of aromatic nitrogens is 3. The van der Waals surface area contributed by atoms with Crippen LogP contribution in [-0.4, -0.2) is 15.2 Å². The quantitative estimate of drug-likeness (QED) is 0.660. The molecule has 25 heavy (non-hydrogen) atoms. The van der Waals surface area contributed by atoms with Crippen molar-refractivity contribution in [2.24, 2.45) is 0 Å². The van der Waals surface area contributed by atoms with Gasteiger partial charge in [-0.15, -0.1) is 5.10 Å². The van der Waals surface area contributed by atoms with Crippen LogP contribution in [0, 0.1) is 17.5 Å². The first-order valence-corrected chi connectivity index (χ1v) is 7.49. The Bertz CT molecular complexity index is 889. The van der Waals surface area contributed by atoms with Crippen molar-refractivity contribution in [3.8, 4) is 0 Å². The summed E-state index contributed by atoms with van der Waals surface area (Å²) in [6.07, 6.45) is 1.38. The molecule has 3 aromatic rings. The van der Waals surface area contributed by atoms with E-state index in [0.717, 1.165) is 17.7 Å². The molecule has 0 spiro atoms. The van der Waals surface area contributed by atoms with Gasteiger partial charge in [0.15, 0.2) is 23.3 Å². The number of rotatable bonds is 5. The fraction of sp³-hybridized carbons (Fsp3) is 0.0625. The average molecular weight is 366 g/mol. The van der Waals surface area contributed by atoms with E-state index >= 15 is 0 Å². The molecule has 9 heteroatoms. The number of nitrogens with zero attached hydrogens (tertiary/aromatic N) is 3. The van der Waals surface area contributed by atoms with E-state index in [1.807, 2.05) is 12.1 Å². The van der Waals surface area contributed by atoms with Crippen LogP contribution in [-0.2, 0) is 6.54 Å². The molecule has 5 nitrogen and oxygen atoms in total. The van der Waals surface area contributed by atoms with Crippen LogP contribution < -0.4 is 10.6 Å². The first-order valence-electron chi connectivity index (χ1n) is 7.11. The molecule has 2 N–H and O–H groups in total. The molecule has 0 radical (unpaired) electrons. The van der Waals surface area contributed by atoms with E-state index < -0.39 is 17.5 Å². The van der Waals surface area contributed by atoms with Gasteiger partial charge in [0, 0.05) is 11.6 Å². The van der Waals surface area contributed by atoms with E-state index in [-0.39, 0.29) is 11.6 Å². The summed E-state index contributed by atoms with van der Waals surface area (Å²) in [5, 5.41) is 13.5. The highest BCUT2D eigenvalue weighted by molar-refractivity contribution is 6.30. The van der Waals surface area contributed by atoms with Gasteiger partial charge in [-0.2, -0.15) is 10.1 Å². The lowest BCUT2D eigenvalue weighted by Crippen LogP contribution is -2.07. The highest BCUT2D eigenvalue weighted by atomic mass is 35.5. The lowest BCUT2D eigenvalue weighted by atomic mass is 10.2. The molecule has 1 aromatic heterocycles. The van der Waals surface area contributed by atoms with E-state index in [4.69, 9.17) is 11.6 Å². The van der Waals surface area contributed by atoms with Crippen LogP contribution >= 0.6 is 11.6 Å². The minimum Gasteiger partial charge on any atom is -0.365 e. The minimum absolute atomic E-state index is 0.0639. The van der Waals surface area contributed by atoms with Gasteiger partial charge in [-0.1, -0.05) is 23.7 Å². The molecule has 128 valence electrons. The monoisotopic (exact) mass is 365 g/mol. The fourth-order valence-electron chi connectivity index (χ4n) is 1.98. The number of halogens is 4. The summed E-state index contributed by atoms with van der Waals surface area (Å²) in [5.74, 6) is -3.90. The predicted molar refractivity (Wildman–Crippen MR) is 88.2 cm³/mol. The fourth-order valence-corrected chi connectivity index (χ4v) is 2.11. The number of benzene rings is 2. The summed E-state index contributed by atoms with van der Waals surface area (Å²) >= 11 is 5.82. The van der Waals surface area contributed by atoms with Gasteiger partial charge in [-0.3, -0.25) is 0 Å². The molecule has 0 unspecified atom stereocenters. The molecule has 0 amide bonds. The minimum atomic E-state index is -1.57. The Balaban J connectivity index is 1.71. The van der Waals surface area contributed by atoms with Crippen molar-refractivity contribution in [3.05, 3.63) is 70.6 Å². The van der Waals surface area contributed by atoms with E-state index in [9.17, 15) is 13.2 Å². The van der Waals surface area contributed by atoms with Gasteiger partial charge in [0.1, 0.15) is 0 Å². The molecule has 0 saturated heterocycles. The van der Waals surface area contributed by atoms with Crippen molar-refractivity contribution < 1.29 is 13.2 Å². The van der Waals surface area contributed by atoms with E-state index in [1.165, 1.54) is 6.20 Å². The number of anilines is 3. The molecule has 1 heterocycles. The van der Waals surface area contributed by atoms with Crippen LogP contribution in [0.1, 0.15) is 5.56 Å². The van der Waals surface area contributed by atoms with E-state index in [0.29, 0.717) is 17.4 Å². The van der Waals surface area contributed by atoms with Gasteiger partial charge in [0.2, 0.25) is 5.95 Å². The topological polar surface area (TPSA) is 62.7 Å². The molecular weight excluding hydrogens is 355 g/mol. The summed E-state index contributed by atoms with van der Waals surface area (Å²) in [4.78, 5) is 4.09. The van der Waals surface area contributed by atoms with Crippen LogP contribution in [0.2, 0.25) is 5.02 Å². The smallest absolute Gasteiger partial charge is 0.249 e. The van der Waals surface area contributed by atoms with Crippen molar-refractivity contribution in [1.29, 1.82) is 0 Å². The van der Waals surface area contributed by atoms with Crippen LogP contribution in [0.4, 0.5) is 30.6 Å². The van der Waals surface area contributed by atoms with Gasteiger partial charge in [0.25, 0.3) is 0 Å². The molecule has 0 aliphatic heterocycles. The normalized spacial score (nSPS) is 10.6. The summed E-state index contributed by atoms with van der Waals surface area (Å²) in [7, 11) is 0. The first kappa shape index (κ1) is 17.0. The molecule has 0 atom stereocenters. The van der Waals surface area contributed by atoms with Crippen molar-refractivity contribution >= 4 is 29.1 Å². The number of hydrogen-bond acceptors (Lipinski definition) is 5. The predicted octanol–water partition coefficient (Wildman–Crippen LogP) is 4.30. The lowest BCUT2D eigenvalue weighted by molar-refractivity contribution is 0.449. The third-order valence-electron chi connectivity index (χ3n) is 3.23. The maximum absolute atomic E-state index is 13.7. The van der Waals surface area contributed by atoms with Gasteiger partial charge < -0.3 is 10.6 Å². The Morgan fingerprint density at radius 2 is 1.72 bits per heavy atom. The van der Waals surface area contributed by atoms with Crippen LogP contribution in [0.5, 0.6) is 0 Å². The first-order chi connectivity index (χ1) is 12.0. The van der Waals surface area contributed by atoms with Gasteiger partial charge >= 0.3 is 0 Å². The standard InChI is InChI=1S/C16H11ClF3N5/c17-10-3-1-9(2-4-10)7-21-13-8-22-25-16(24-13)23-12-6-5-11(18)14(19)15(12)20/h1-6,8H,7H2,(H2,21,23,24,25). The summed E-state index contributed by atoms with van der Waals surface area (Å²) < 4.78 is 39.9. The maximum Gasteiger partial charge on any atom is 0.249 e. The second-order valence-corrected chi connectivity index (χ2v) is 5.43. The summed E-state index contributed by atoms with van der Waals surface area (Å²) in [6.45, 7) is 0.453. The molecule has 0 aliphatic rings. The van der Waals surface area contributed by atoms with Crippen LogP contribution in [0.25, 0.3) is 0 Å². The number of nitrogens with one attached hydrogen (secondary N) is 2. The van der Waals surface area contributed by atoms with E-state index in [1.54, 1.807) is 12.1 Å². The molecule has 0 aliphatic carbocycles. The van der Waals surface area contributed by atoms with Crippen molar-refractivity contribution in [3.63, 3.8) is 0 Å². The van der Waals surface area contributed by atoms with Crippen molar-refractivity contribution in [2.45, 2.75) is 6.54 Å². The highest BCUT2D eigenvalue weighted by Crippen LogP contribution is 2.22. The summed E-state index contributed by atoms with van der Waals surface area (Å²) in [6, 6.07) is 9.06. The SMILES string of the molecule is Fc1ccc(Nc2nncc(NCc3ccc(Cl)cc3)n2)c(F)c1F. The van der Waals surface area contributed by atoms with E-state index in [2.05, 4.69) is 25.8 Å². The Morgan fingerprint density at radius 3 is 2.48 bits per heavy atom. The van der Waals surface area contributed by atoms with Crippen molar-refractivity contribution in [2.75, 3.05) is 10.6 Å². The molecule has 0 bridgehead atoms. The maximum atomic E-state index is 13.7. The Labute approximate surface area is 145 Å². The van der Waals surface area contributed by atoms with Crippen LogP contribution in [0.3, 0.4) is 0 Å². The van der Waals surface area contributed by atoms with Gasteiger partial charge in [-0.25, -0.2) is 13.2 Å². The molecule has 2 aromatic carbocycles. The zero-order valence-corrected chi connectivity index (χ0v) is 13.4. The van der Waals surface area contributed by atoms with Gasteiger partial charge in [0.05, 0.1) is 11.9 Å².